The first-order valence-corrected chi connectivity index (χ1v) is 5.95. The lowest BCUT2D eigenvalue weighted by Gasteiger charge is -2.02. The van der Waals surface area contributed by atoms with Crippen LogP contribution in [0.1, 0.15) is 5.56 Å². The molecule has 4 nitrogen and oxygen atoms in total. The van der Waals surface area contributed by atoms with Gasteiger partial charge in [0.05, 0.1) is 17.5 Å². The van der Waals surface area contributed by atoms with E-state index >= 15 is 0 Å². The topological polar surface area (TPSA) is 53.8 Å². The molecule has 1 aliphatic rings. The minimum Gasteiger partial charge on any atom is -0.303 e. The lowest BCUT2D eigenvalue weighted by atomic mass is 10.2. The van der Waals surface area contributed by atoms with Gasteiger partial charge in [0.1, 0.15) is 0 Å². The van der Waals surface area contributed by atoms with Crippen LogP contribution in [0, 0.1) is 29.1 Å². The molecule has 2 rings (SSSR count). The maximum atomic E-state index is 13.2. The summed E-state index contributed by atoms with van der Waals surface area (Å²) in [5, 5.41) is 8.89. The molecule has 1 aromatic carbocycles. The summed E-state index contributed by atoms with van der Waals surface area (Å²) in [7, 11) is 0. The van der Waals surface area contributed by atoms with Gasteiger partial charge in [-0.1, -0.05) is 11.8 Å². The largest absolute Gasteiger partial charge is 0.303 e. The van der Waals surface area contributed by atoms with Gasteiger partial charge in [-0.15, -0.1) is 5.10 Å². The van der Waals surface area contributed by atoms with Gasteiger partial charge in [0.2, 0.25) is 11.7 Å². The maximum Gasteiger partial charge on any atom is 0.236 e. The van der Waals surface area contributed by atoms with Crippen molar-refractivity contribution in [1.82, 2.24) is 5.32 Å². The lowest BCUT2D eigenvalue weighted by molar-refractivity contribution is -0.116. The van der Waals surface area contributed by atoms with E-state index in [4.69, 9.17) is 0 Å². The van der Waals surface area contributed by atoms with Crippen LogP contribution in [-0.4, -0.2) is 23.0 Å². The number of nitrogens with zero attached hydrogens (tertiary/aromatic N) is 2. The van der Waals surface area contributed by atoms with Gasteiger partial charge < -0.3 is 5.32 Å². The van der Waals surface area contributed by atoms with Gasteiger partial charge in [-0.05, 0) is 0 Å². The number of carbonyl (C=O) groups excluding carboxylic acids is 1. The number of halogens is 5. The molecule has 1 saturated heterocycles. The Hall–Kier alpha value is -1.97. The zero-order valence-electron chi connectivity index (χ0n) is 9.39. The third kappa shape index (κ3) is 2.64. The quantitative estimate of drug-likeness (QED) is 0.298. The molecule has 10 heteroatoms. The molecule has 0 bridgehead atoms. The Bertz CT molecular complexity index is 617. The fourth-order valence-electron chi connectivity index (χ4n) is 1.25. The Labute approximate surface area is 112 Å². The van der Waals surface area contributed by atoms with E-state index < -0.39 is 34.6 Å². The molecule has 0 unspecified atom stereocenters. The van der Waals surface area contributed by atoms with E-state index in [2.05, 4.69) is 15.5 Å². The molecule has 0 atom stereocenters. The van der Waals surface area contributed by atoms with Crippen molar-refractivity contribution >= 4 is 29.1 Å². The van der Waals surface area contributed by atoms with Crippen LogP contribution < -0.4 is 5.32 Å². The third-order valence-electron chi connectivity index (χ3n) is 2.17. The fraction of sp³-hybridized carbons (Fsp3) is 0.100. The predicted octanol–water partition coefficient (Wildman–Crippen LogP) is 1.93. The van der Waals surface area contributed by atoms with Gasteiger partial charge >= 0.3 is 0 Å². The van der Waals surface area contributed by atoms with Crippen LogP contribution in [0.4, 0.5) is 22.0 Å². The number of hydrogen-bond donors (Lipinski definition) is 1. The van der Waals surface area contributed by atoms with Crippen molar-refractivity contribution in [1.29, 1.82) is 0 Å². The summed E-state index contributed by atoms with van der Waals surface area (Å²) in [5.74, 6) is -10.6. The van der Waals surface area contributed by atoms with Crippen LogP contribution in [0.15, 0.2) is 10.2 Å². The Morgan fingerprint density at radius 3 is 2.05 bits per heavy atom. The summed E-state index contributed by atoms with van der Waals surface area (Å²) in [5.41, 5.74) is -1.21. The summed E-state index contributed by atoms with van der Waals surface area (Å²) in [6, 6.07) is 0. The minimum atomic E-state index is -2.25. The van der Waals surface area contributed by atoms with Gasteiger partial charge in [0, 0.05) is 0 Å². The highest BCUT2D eigenvalue weighted by molar-refractivity contribution is 8.15. The molecule has 0 radical (unpaired) electrons. The van der Waals surface area contributed by atoms with E-state index in [9.17, 15) is 26.7 Å². The number of nitrogens with one attached hydrogen (secondary N) is 1. The molecule has 20 heavy (non-hydrogen) atoms. The molecule has 1 amide bonds. The first-order valence-electron chi connectivity index (χ1n) is 4.97. The van der Waals surface area contributed by atoms with Crippen LogP contribution >= 0.6 is 11.8 Å². The normalized spacial score (nSPS) is 17.2. The fourth-order valence-corrected chi connectivity index (χ4v) is 1.88. The Morgan fingerprint density at radius 1 is 1.00 bits per heavy atom. The molecule has 0 spiro atoms. The van der Waals surface area contributed by atoms with Crippen LogP contribution in [0.3, 0.4) is 0 Å². The Balaban J connectivity index is 2.32. The highest BCUT2D eigenvalue weighted by Crippen LogP contribution is 2.21. The van der Waals surface area contributed by atoms with Gasteiger partial charge in [-0.2, -0.15) is 5.10 Å². The maximum absolute atomic E-state index is 13.2. The standard InChI is InChI=1S/C10H4F5N3OS/c11-5-3(6(12)8(14)9(15)7(5)13)1-16-18-10-17-4(19)2-20-10/h1H,2H2,(H,17,18,19). The lowest BCUT2D eigenvalue weighted by Crippen LogP contribution is -2.19. The van der Waals surface area contributed by atoms with E-state index in [0.29, 0.717) is 6.21 Å². The van der Waals surface area contributed by atoms with Gasteiger partial charge in [-0.3, -0.25) is 4.79 Å². The molecule has 0 aromatic heterocycles. The number of hydrogen-bond acceptors (Lipinski definition) is 4. The molecular weight excluding hydrogens is 305 g/mol. The zero-order chi connectivity index (χ0) is 14.9. The third-order valence-corrected chi connectivity index (χ3v) is 3.03. The number of carbonyl (C=O) groups is 1. The van der Waals surface area contributed by atoms with Crippen LogP contribution in [-0.2, 0) is 4.79 Å². The number of rotatable bonds is 2. The Morgan fingerprint density at radius 2 is 1.55 bits per heavy atom. The summed E-state index contributed by atoms with van der Waals surface area (Å²) in [4.78, 5) is 10.8. The SMILES string of the molecule is O=C1CSC(=NN=Cc2c(F)c(F)c(F)c(F)c2F)N1. The van der Waals surface area contributed by atoms with Crippen molar-refractivity contribution in [3.63, 3.8) is 0 Å². The molecule has 0 saturated carbocycles. The van der Waals surface area contributed by atoms with E-state index in [0.717, 1.165) is 11.8 Å². The number of benzene rings is 1. The van der Waals surface area contributed by atoms with Gasteiger partial charge in [-0.25, -0.2) is 22.0 Å². The monoisotopic (exact) mass is 309 g/mol. The first-order chi connectivity index (χ1) is 9.41. The molecule has 1 aliphatic heterocycles. The van der Waals surface area contributed by atoms with Crippen LogP contribution in [0.5, 0.6) is 0 Å². The summed E-state index contributed by atoms with van der Waals surface area (Å²) in [6.07, 6.45) is 0.383. The van der Waals surface area contributed by atoms with Gasteiger partial charge in [0.25, 0.3) is 0 Å². The highest BCUT2D eigenvalue weighted by Gasteiger charge is 2.24. The molecule has 1 fully saturated rings. The van der Waals surface area contributed by atoms with E-state index in [1.165, 1.54) is 0 Å². The van der Waals surface area contributed by atoms with Crippen molar-refractivity contribution in [3.8, 4) is 0 Å². The number of amides is 1. The highest BCUT2D eigenvalue weighted by atomic mass is 32.2. The summed E-state index contributed by atoms with van der Waals surface area (Å²) >= 11 is 0.983. The first kappa shape index (κ1) is 14.4. The minimum absolute atomic E-state index is 0.0649. The second kappa shape index (κ2) is 5.57. The predicted molar refractivity (Wildman–Crippen MR) is 61.9 cm³/mol. The van der Waals surface area contributed by atoms with Crippen molar-refractivity contribution in [2.24, 2.45) is 10.2 Å². The van der Waals surface area contributed by atoms with E-state index in [1.807, 2.05) is 0 Å². The second-order valence-corrected chi connectivity index (χ2v) is 4.43. The van der Waals surface area contributed by atoms with E-state index in [-0.39, 0.29) is 16.8 Å². The number of amidine groups is 1. The average Bonchev–Trinajstić information content (AvgIpc) is 2.84. The molecule has 1 N–H and O–H groups in total. The molecule has 1 aromatic rings. The summed E-state index contributed by atoms with van der Waals surface area (Å²) in [6.45, 7) is 0. The summed E-state index contributed by atoms with van der Waals surface area (Å²) < 4.78 is 64.9. The second-order valence-electron chi connectivity index (χ2n) is 3.47. The zero-order valence-corrected chi connectivity index (χ0v) is 10.2. The Kier molecular flexibility index (Phi) is 4.02. The van der Waals surface area contributed by atoms with Crippen molar-refractivity contribution < 1.29 is 26.7 Å². The van der Waals surface area contributed by atoms with E-state index in [1.54, 1.807) is 0 Å². The van der Waals surface area contributed by atoms with Crippen molar-refractivity contribution in [2.75, 3.05) is 5.75 Å². The van der Waals surface area contributed by atoms with Gasteiger partial charge in [0.15, 0.2) is 28.4 Å². The van der Waals surface area contributed by atoms with Crippen molar-refractivity contribution in [2.45, 2.75) is 0 Å². The number of thioether (sulfide) groups is 1. The molecule has 0 aliphatic carbocycles. The molecule has 106 valence electrons. The van der Waals surface area contributed by atoms with Crippen molar-refractivity contribution in [3.05, 3.63) is 34.6 Å². The smallest absolute Gasteiger partial charge is 0.236 e. The van der Waals surface area contributed by atoms with Crippen LogP contribution in [0.25, 0.3) is 0 Å². The molecule has 1 heterocycles. The molecular formula is C10H4F5N3OS. The van der Waals surface area contributed by atoms with Crippen LogP contribution in [0.2, 0.25) is 0 Å². The average molecular weight is 309 g/mol.